The average molecular weight is 280 g/mol. The van der Waals surface area contributed by atoms with E-state index in [4.69, 9.17) is 27.9 Å². The highest BCUT2D eigenvalue weighted by atomic mass is 35.5. The third kappa shape index (κ3) is 2.71. The van der Waals surface area contributed by atoms with Crippen molar-refractivity contribution < 1.29 is 4.74 Å². The summed E-state index contributed by atoms with van der Waals surface area (Å²) in [6.07, 6.45) is 0.0336. The van der Waals surface area contributed by atoms with Gasteiger partial charge in [0.2, 0.25) is 0 Å². The minimum Gasteiger partial charge on any atom is -0.370 e. The second-order valence-corrected chi connectivity index (χ2v) is 6.65. The Kier molecular flexibility index (Phi) is 4.14. The van der Waals surface area contributed by atoms with Crippen LogP contribution in [0.2, 0.25) is 8.67 Å². The molecule has 2 rings (SSSR count). The van der Waals surface area contributed by atoms with Gasteiger partial charge in [0.25, 0.3) is 0 Å². The lowest BCUT2D eigenvalue weighted by Gasteiger charge is -2.32. The molecule has 0 amide bonds. The predicted octanol–water partition coefficient (Wildman–Crippen LogP) is 3.74. The second kappa shape index (κ2) is 5.23. The summed E-state index contributed by atoms with van der Waals surface area (Å²) in [5, 5.41) is 3.48. The molecule has 2 unspecified atom stereocenters. The zero-order chi connectivity index (χ0) is 11.7. The molecule has 1 aromatic rings. The van der Waals surface area contributed by atoms with Gasteiger partial charge in [-0.15, -0.1) is 11.3 Å². The third-order valence-corrected chi connectivity index (χ3v) is 4.40. The second-order valence-electron chi connectivity index (χ2n) is 4.36. The highest BCUT2D eigenvalue weighted by molar-refractivity contribution is 7.20. The van der Waals surface area contributed by atoms with E-state index in [1.54, 1.807) is 0 Å². The van der Waals surface area contributed by atoms with E-state index in [-0.39, 0.29) is 6.10 Å². The number of ether oxygens (including phenoxy) is 1. The van der Waals surface area contributed by atoms with Crippen LogP contribution in [0.1, 0.15) is 25.5 Å². The van der Waals surface area contributed by atoms with E-state index in [9.17, 15) is 0 Å². The number of thiophene rings is 1. The number of hydrogen-bond acceptors (Lipinski definition) is 3. The van der Waals surface area contributed by atoms with Gasteiger partial charge in [0.15, 0.2) is 0 Å². The maximum Gasteiger partial charge on any atom is 0.100 e. The number of rotatable bonds is 2. The molecule has 0 spiro atoms. The van der Waals surface area contributed by atoms with E-state index in [0.717, 1.165) is 27.4 Å². The summed E-state index contributed by atoms with van der Waals surface area (Å²) in [4.78, 5) is 0. The third-order valence-electron chi connectivity index (χ3n) is 2.88. The van der Waals surface area contributed by atoms with Crippen LogP contribution < -0.4 is 5.32 Å². The van der Waals surface area contributed by atoms with Crippen LogP contribution in [0.15, 0.2) is 6.07 Å². The van der Waals surface area contributed by atoms with Gasteiger partial charge in [0.1, 0.15) is 4.34 Å². The SMILES string of the molecule is CC(C)C1COC(c2cc(Cl)sc2Cl)CN1. The van der Waals surface area contributed by atoms with Crippen molar-refractivity contribution in [1.82, 2.24) is 5.32 Å². The van der Waals surface area contributed by atoms with E-state index in [2.05, 4.69) is 19.2 Å². The molecule has 1 aromatic heterocycles. The zero-order valence-electron chi connectivity index (χ0n) is 9.30. The number of nitrogens with one attached hydrogen (secondary N) is 1. The summed E-state index contributed by atoms with van der Waals surface area (Å²) in [5.74, 6) is 0.586. The molecule has 2 nitrogen and oxygen atoms in total. The first-order valence-corrected chi connectivity index (χ1v) is 6.95. The maximum atomic E-state index is 6.10. The van der Waals surface area contributed by atoms with Crippen LogP contribution in [0.25, 0.3) is 0 Å². The summed E-state index contributed by atoms with van der Waals surface area (Å²) in [6, 6.07) is 2.33. The van der Waals surface area contributed by atoms with Crippen molar-refractivity contribution in [3.05, 3.63) is 20.3 Å². The number of hydrogen-bond donors (Lipinski definition) is 1. The highest BCUT2D eigenvalue weighted by Gasteiger charge is 2.26. The molecule has 1 saturated heterocycles. The van der Waals surface area contributed by atoms with Crippen molar-refractivity contribution >= 4 is 34.5 Å². The smallest absolute Gasteiger partial charge is 0.100 e. The number of halogens is 2. The molecule has 1 aliphatic rings. The van der Waals surface area contributed by atoms with E-state index in [1.807, 2.05) is 6.07 Å². The lowest BCUT2D eigenvalue weighted by molar-refractivity contribution is -0.00684. The Hall–Kier alpha value is 0.200. The molecule has 0 saturated carbocycles. The topological polar surface area (TPSA) is 21.3 Å². The fourth-order valence-corrected chi connectivity index (χ4v) is 3.35. The van der Waals surface area contributed by atoms with Crippen LogP contribution in [-0.2, 0) is 4.74 Å². The van der Waals surface area contributed by atoms with Crippen molar-refractivity contribution in [3.63, 3.8) is 0 Å². The Morgan fingerprint density at radius 3 is 2.69 bits per heavy atom. The fraction of sp³-hybridized carbons (Fsp3) is 0.636. The van der Waals surface area contributed by atoms with Crippen LogP contribution in [0.3, 0.4) is 0 Å². The minimum atomic E-state index is 0.0336. The lowest BCUT2D eigenvalue weighted by atomic mass is 10.0. The van der Waals surface area contributed by atoms with Gasteiger partial charge in [-0.05, 0) is 12.0 Å². The van der Waals surface area contributed by atoms with Gasteiger partial charge in [-0.3, -0.25) is 0 Å². The molecular formula is C11H15Cl2NOS. The summed E-state index contributed by atoms with van der Waals surface area (Å²) in [7, 11) is 0. The molecule has 90 valence electrons. The van der Waals surface area contributed by atoms with Crippen LogP contribution in [-0.4, -0.2) is 19.2 Å². The minimum absolute atomic E-state index is 0.0336. The van der Waals surface area contributed by atoms with Crippen molar-refractivity contribution in [2.45, 2.75) is 26.0 Å². The Morgan fingerprint density at radius 2 is 2.25 bits per heavy atom. The van der Waals surface area contributed by atoms with E-state index in [0.29, 0.717) is 12.0 Å². The van der Waals surface area contributed by atoms with Gasteiger partial charge in [-0.25, -0.2) is 0 Å². The summed E-state index contributed by atoms with van der Waals surface area (Å²) >= 11 is 13.4. The Labute approximate surface area is 110 Å². The molecule has 16 heavy (non-hydrogen) atoms. The molecule has 0 aromatic carbocycles. The summed E-state index contributed by atoms with van der Waals surface area (Å²) in [6.45, 7) is 5.91. The van der Waals surface area contributed by atoms with Gasteiger partial charge in [0, 0.05) is 18.2 Å². The number of morpholine rings is 1. The first-order chi connectivity index (χ1) is 7.58. The predicted molar refractivity (Wildman–Crippen MR) is 69.7 cm³/mol. The highest BCUT2D eigenvalue weighted by Crippen LogP contribution is 2.37. The maximum absolute atomic E-state index is 6.10. The molecule has 0 bridgehead atoms. The standard InChI is InChI=1S/C11H15Cl2NOS/c1-6(2)8-5-15-9(4-14-8)7-3-10(12)16-11(7)13/h3,6,8-9,14H,4-5H2,1-2H3. The van der Waals surface area contributed by atoms with E-state index in [1.165, 1.54) is 11.3 Å². The molecule has 1 aliphatic heterocycles. The molecule has 2 heterocycles. The van der Waals surface area contributed by atoms with Crippen molar-refractivity contribution in [2.24, 2.45) is 5.92 Å². The molecule has 1 fully saturated rings. The van der Waals surface area contributed by atoms with Crippen LogP contribution in [0.4, 0.5) is 0 Å². The first kappa shape index (κ1) is 12.7. The van der Waals surface area contributed by atoms with Crippen LogP contribution in [0, 0.1) is 5.92 Å². The van der Waals surface area contributed by atoms with Crippen molar-refractivity contribution in [1.29, 1.82) is 0 Å². The average Bonchev–Trinajstić information content (AvgIpc) is 2.58. The molecular weight excluding hydrogens is 265 g/mol. The normalized spacial score (nSPS) is 26.3. The van der Waals surface area contributed by atoms with E-state index >= 15 is 0 Å². The molecule has 1 N–H and O–H groups in total. The largest absolute Gasteiger partial charge is 0.370 e. The Morgan fingerprint density at radius 1 is 1.50 bits per heavy atom. The first-order valence-electron chi connectivity index (χ1n) is 5.37. The van der Waals surface area contributed by atoms with Gasteiger partial charge >= 0.3 is 0 Å². The summed E-state index contributed by atoms with van der Waals surface area (Å²) < 4.78 is 7.29. The molecule has 0 radical (unpaired) electrons. The van der Waals surface area contributed by atoms with E-state index < -0.39 is 0 Å². The van der Waals surface area contributed by atoms with Gasteiger partial charge in [-0.2, -0.15) is 0 Å². The molecule has 5 heteroatoms. The monoisotopic (exact) mass is 279 g/mol. The van der Waals surface area contributed by atoms with Gasteiger partial charge in [0.05, 0.1) is 17.0 Å². The lowest BCUT2D eigenvalue weighted by Crippen LogP contribution is -2.45. The van der Waals surface area contributed by atoms with Crippen molar-refractivity contribution in [2.75, 3.05) is 13.2 Å². The van der Waals surface area contributed by atoms with Gasteiger partial charge < -0.3 is 10.1 Å². The quantitative estimate of drug-likeness (QED) is 0.891. The fourth-order valence-electron chi connectivity index (χ4n) is 1.80. The molecule has 2 atom stereocenters. The zero-order valence-corrected chi connectivity index (χ0v) is 11.6. The van der Waals surface area contributed by atoms with Crippen LogP contribution in [0.5, 0.6) is 0 Å². The summed E-state index contributed by atoms with van der Waals surface area (Å²) in [5.41, 5.74) is 1.01. The van der Waals surface area contributed by atoms with Gasteiger partial charge in [-0.1, -0.05) is 37.0 Å². The Balaban J connectivity index is 2.01. The van der Waals surface area contributed by atoms with Crippen molar-refractivity contribution in [3.8, 4) is 0 Å². The van der Waals surface area contributed by atoms with Crippen LogP contribution >= 0.6 is 34.5 Å². The molecule has 0 aliphatic carbocycles. The Bertz CT molecular complexity index is 359.